The van der Waals surface area contributed by atoms with Crippen molar-refractivity contribution in [2.24, 2.45) is 11.8 Å². The molecule has 5 nitrogen and oxygen atoms in total. The maximum Gasteiger partial charge on any atom is 0.306 e. The highest BCUT2D eigenvalue weighted by Gasteiger charge is 2.16. The van der Waals surface area contributed by atoms with E-state index in [1.165, 1.54) is 122 Å². The molecule has 0 aromatic rings. The van der Waals surface area contributed by atoms with Crippen molar-refractivity contribution in [2.75, 3.05) is 13.2 Å². The summed E-state index contributed by atoms with van der Waals surface area (Å²) >= 11 is 0. The van der Waals surface area contributed by atoms with Crippen LogP contribution in [0.1, 0.15) is 201 Å². The van der Waals surface area contributed by atoms with Gasteiger partial charge >= 0.3 is 11.9 Å². The van der Waals surface area contributed by atoms with Crippen LogP contribution >= 0.6 is 0 Å². The Morgan fingerprint density at radius 2 is 0.767 bits per heavy atom. The lowest BCUT2D eigenvalue weighted by Crippen LogP contribution is -2.28. The minimum Gasteiger partial charge on any atom is -0.462 e. The van der Waals surface area contributed by atoms with Crippen molar-refractivity contribution in [2.45, 2.75) is 207 Å². The molecule has 0 radical (unpaired) electrons. The largest absolute Gasteiger partial charge is 0.462 e. The van der Waals surface area contributed by atoms with E-state index in [0.29, 0.717) is 12.8 Å². The highest BCUT2D eigenvalue weighted by Crippen LogP contribution is 2.16. The minimum absolute atomic E-state index is 0.0596. The average molecular weight is 611 g/mol. The molecule has 0 aromatic heterocycles. The number of rotatable bonds is 33. The fourth-order valence-electron chi connectivity index (χ4n) is 5.63. The maximum absolute atomic E-state index is 12.1. The van der Waals surface area contributed by atoms with E-state index in [0.717, 1.165) is 50.4 Å². The molecule has 0 saturated heterocycles. The van der Waals surface area contributed by atoms with Crippen LogP contribution in [-0.4, -0.2) is 36.4 Å². The topological polar surface area (TPSA) is 72.8 Å². The van der Waals surface area contributed by atoms with Gasteiger partial charge in [0.2, 0.25) is 0 Å². The molecule has 1 N–H and O–H groups in total. The van der Waals surface area contributed by atoms with Crippen LogP contribution in [-0.2, 0) is 19.1 Å². The van der Waals surface area contributed by atoms with Gasteiger partial charge in [-0.1, -0.05) is 175 Å². The van der Waals surface area contributed by atoms with Crippen LogP contribution in [0.4, 0.5) is 0 Å². The van der Waals surface area contributed by atoms with E-state index in [-0.39, 0.29) is 25.2 Å². The SMILES string of the molecule is CC(C)CCCCCCCCCCCCCCCCCC(=O)O[C@@H](CO)COC(=O)CCCCCCCCCCC(C)C. The van der Waals surface area contributed by atoms with Gasteiger partial charge in [-0.15, -0.1) is 0 Å². The molecule has 0 rings (SSSR count). The van der Waals surface area contributed by atoms with Gasteiger partial charge < -0.3 is 14.6 Å². The van der Waals surface area contributed by atoms with Gasteiger partial charge in [0.1, 0.15) is 6.61 Å². The molecule has 5 heteroatoms. The molecule has 0 saturated carbocycles. The number of carbonyl (C=O) groups is 2. The summed E-state index contributed by atoms with van der Waals surface area (Å²) in [6.45, 7) is 8.82. The molecule has 43 heavy (non-hydrogen) atoms. The zero-order chi connectivity index (χ0) is 31.8. The van der Waals surface area contributed by atoms with Crippen molar-refractivity contribution >= 4 is 11.9 Å². The molecule has 0 amide bonds. The van der Waals surface area contributed by atoms with Gasteiger partial charge in [0.25, 0.3) is 0 Å². The summed E-state index contributed by atoms with van der Waals surface area (Å²) in [5.74, 6) is 1.08. The lowest BCUT2D eigenvalue weighted by atomic mass is 10.0. The van der Waals surface area contributed by atoms with Gasteiger partial charge in [-0.25, -0.2) is 0 Å². The van der Waals surface area contributed by atoms with Crippen LogP contribution in [0.5, 0.6) is 0 Å². The summed E-state index contributed by atoms with van der Waals surface area (Å²) in [6.07, 6.45) is 31.7. The monoisotopic (exact) mass is 611 g/mol. The predicted molar refractivity (Wildman–Crippen MR) is 182 cm³/mol. The van der Waals surface area contributed by atoms with Gasteiger partial charge in [0, 0.05) is 12.8 Å². The fraction of sp³-hybridized carbons (Fsp3) is 0.947. The second-order valence-electron chi connectivity index (χ2n) is 14.0. The standard InChI is InChI=1S/C38H74O5/c1-34(2)28-24-20-16-12-10-8-6-5-7-9-11-13-19-23-27-31-38(41)43-36(32-39)33-42-37(40)30-26-22-18-15-14-17-21-25-29-35(3)4/h34-36,39H,5-33H2,1-4H3/t36-/m0/s1. The quantitative estimate of drug-likeness (QED) is 0.0591. The molecule has 1 atom stereocenters. The van der Waals surface area contributed by atoms with Gasteiger partial charge in [-0.05, 0) is 24.7 Å². The number of hydrogen-bond acceptors (Lipinski definition) is 5. The predicted octanol–water partition coefficient (Wildman–Crippen LogP) is 11.3. The molecule has 0 aliphatic rings. The third kappa shape index (κ3) is 33.6. The Bertz CT molecular complexity index is 603. The Hall–Kier alpha value is -1.10. The first-order chi connectivity index (χ1) is 20.8. The Balaban J connectivity index is 3.50. The van der Waals surface area contributed by atoms with Crippen molar-refractivity contribution in [1.29, 1.82) is 0 Å². The molecule has 0 aliphatic carbocycles. The van der Waals surface area contributed by atoms with E-state index >= 15 is 0 Å². The van der Waals surface area contributed by atoms with Crippen LogP contribution < -0.4 is 0 Å². The first-order valence-electron chi connectivity index (χ1n) is 18.8. The first kappa shape index (κ1) is 41.9. The van der Waals surface area contributed by atoms with E-state index in [1.807, 2.05) is 0 Å². The van der Waals surface area contributed by atoms with Crippen molar-refractivity contribution in [3.05, 3.63) is 0 Å². The molecular weight excluding hydrogens is 536 g/mol. The van der Waals surface area contributed by atoms with E-state index in [9.17, 15) is 14.7 Å². The zero-order valence-electron chi connectivity index (χ0n) is 29.3. The second-order valence-corrected chi connectivity index (χ2v) is 14.0. The Morgan fingerprint density at radius 3 is 1.09 bits per heavy atom. The molecule has 0 aliphatic heterocycles. The maximum atomic E-state index is 12.1. The lowest BCUT2D eigenvalue weighted by molar-refractivity contribution is -0.161. The summed E-state index contributed by atoms with van der Waals surface area (Å²) in [5, 5.41) is 9.52. The summed E-state index contributed by atoms with van der Waals surface area (Å²) in [6, 6.07) is 0. The molecule has 256 valence electrons. The average Bonchev–Trinajstić information content (AvgIpc) is 2.97. The summed E-state index contributed by atoms with van der Waals surface area (Å²) in [7, 11) is 0. The minimum atomic E-state index is -0.762. The normalized spacial score (nSPS) is 12.3. The fourth-order valence-corrected chi connectivity index (χ4v) is 5.63. The molecule has 0 bridgehead atoms. The van der Waals surface area contributed by atoms with Crippen LogP contribution in [0.3, 0.4) is 0 Å². The number of ether oxygens (including phenoxy) is 2. The Morgan fingerprint density at radius 1 is 0.465 bits per heavy atom. The number of aliphatic hydroxyl groups excluding tert-OH is 1. The molecule has 0 unspecified atom stereocenters. The molecule has 0 spiro atoms. The van der Waals surface area contributed by atoms with Crippen molar-refractivity contribution in [3.63, 3.8) is 0 Å². The molecule has 0 fully saturated rings. The summed E-state index contributed by atoms with van der Waals surface area (Å²) in [5.41, 5.74) is 0. The highest BCUT2D eigenvalue weighted by atomic mass is 16.6. The van der Waals surface area contributed by atoms with E-state index in [4.69, 9.17) is 9.47 Å². The van der Waals surface area contributed by atoms with E-state index in [2.05, 4.69) is 27.7 Å². The van der Waals surface area contributed by atoms with Gasteiger partial charge in [0.15, 0.2) is 6.10 Å². The Labute approximate surface area is 268 Å². The number of unbranched alkanes of at least 4 members (excludes halogenated alkanes) is 21. The highest BCUT2D eigenvalue weighted by molar-refractivity contribution is 5.70. The van der Waals surface area contributed by atoms with E-state index in [1.54, 1.807) is 0 Å². The smallest absolute Gasteiger partial charge is 0.306 e. The Kier molecular flexibility index (Phi) is 31.5. The second kappa shape index (κ2) is 32.3. The van der Waals surface area contributed by atoms with Gasteiger partial charge in [0.05, 0.1) is 6.61 Å². The third-order valence-corrected chi connectivity index (χ3v) is 8.51. The summed E-state index contributed by atoms with van der Waals surface area (Å²) in [4.78, 5) is 24.2. The van der Waals surface area contributed by atoms with Crippen molar-refractivity contribution in [1.82, 2.24) is 0 Å². The van der Waals surface area contributed by atoms with Crippen LogP contribution in [0.15, 0.2) is 0 Å². The number of aliphatic hydroxyl groups is 1. The van der Waals surface area contributed by atoms with Crippen molar-refractivity contribution in [3.8, 4) is 0 Å². The van der Waals surface area contributed by atoms with Crippen LogP contribution in [0, 0.1) is 11.8 Å². The third-order valence-electron chi connectivity index (χ3n) is 8.51. The van der Waals surface area contributed by atoms with Crippen LogP contribution in [0.25, 0.3) is 0 Å². The van der Waals surface area contributed by atoms with Crippen molar-refractivity contribution < 1.29 is 24.2 Å². The first-order valence-corrected chi connectivity index (χ1v) is 18.8. The zero-order valence-corrected chi connectivity index (χ0v) is 29.3. The number of hydrogen-bond donors (Lipinski definition) is 1. The van der Waals surface area contributed by atoms with Gasteiger partial charge in [-0.2, -0.15) is 0 Å². The summed E-state index contributed by atoms with van der Waals surface area (Å²) < 4.78 is 10.6. The molecule has 0 heterocycles. The molecule has 0 aromatic carbocycles. The van der Waals surface area contributed by atoms with Crippen LogP contribution in [0.2, 0.25) is 0 Å². The van der Waals surface area contributed by atoms with Gasteiger partial charge in [-0.3, -0.25) is 9.59 Å². The lowest BCUT2D eigenvalue weighted by Gasteiger charge is -2.15. The molecular formula is C38H74O5. The van der Waals surface area contributed by atoms with E-state index < -0.39 is 6.10 Å². The number of esters is 2. The number of carbonyl (C=O) groups excluding carboxylic acids is 2.